The molecular formula is C13H22O3. The number of aliphatic hydroxyl groups excluding tert-OH is 1. The second-order valence-electron chi connectivity index (χ2n) is 4.46. The van der Waals surface area contributed by atoms with Crippen LogP contribution in [0.1, 0.15) is 39.0 Å². The summed E-state index contributed by atoms with van der Waals surface area (Å²) in [7, 11) is 1.42. The van der Waals surface area contributed by atoms with Gasteiger partial charge in [0.05, 0.1) is 13.2 Å². The summed E-state index contributed by atoms with van der Waals surface area (Å²) in [6.07, 6.45) is 8.05. The van der Waals surface area contributed by atoms with Gasteiger partial charge in [0.25, 0.3) is 0 Å². The van der Waals surface area contributed by atoms with Crippen molar-refractivity contribution >= 4 is 5.97 Å². The van der Waals surface area contributed by atoms with E-state index >= 15 is 0 Å². The molecule has 0 spiro atoms. The summed E-state index contributed by atoms with van der Waals surface area (Å²) in [5.74, 6) is 0.342. The summed E-state index contributed by atoms with van der Waals surface area (Å²) >= 11 is 0. The molecule has 1 rings (SSSR count). The predicted molar refractivity (Wildman–Crippen MR) is 62.9 cm³/mol. The Hall–Kier alpha value is -0.830. The van der Waals surface area contributed by atoms with Crippen LogP contribution < -0.4 is 0 Å². The molecule has 3 heteroatoms. The number of hydrogen-bond donors (Lipinski definition) is 1. The molecule has 0 saturated heterocycles. The van der Waals surface area contributed by atoms with Gasteiger partial charge in [-0.2, -0.15) is 0 Å². The standard InChI is InChI=1S/C13H22O3/c1-3-4-5-6-11-10(7-8-12(11)14)9-13(15)16-2/h4-5,10-12,14H,3,6-9H2,1-2H3/b5-4-/t10-,11+,12-/m0/s1. The number of hydrogen-bond acceptors (Lipinski definition) is 3. The molecule has 0 radical (unpaired) electrons. The molecule has 0 heterocycles. The minimum atomic E-state index is -0.254. The van der Waals surface area contributed by atoms with Crippen molar-refractivity contribution in [1.29, 1.82) is 0 Å². The van der Waals surface area contributed by atoms with Crippen molar-refractivity contribution in [2.45, 2.75) is 45.1 Å². The van der Waals surface area contributed by atoms with Crippen LogP contribution in [-0.4, -0.2) is 24.3 Å². The van der Waals surface area contributed by atoms with Gasteiger partial charge in [-0.15, -0.1) is 0 Å². The monoisotopic (exact) mass is 226 g/mol. The van der Waals surface area contributed by atoms with Crippen LogP contribution in [0.4, 0.5) is 0 Å². The molecule has 1 saturated carbocycles. The zero-order valence-electron chi connectivity index (χ0n) is 10.2. The SMILES string of the molecule is CC/C=C\C[C@@H]1[C@H](CC(=O)OC)CC[C@@H]1O. The van der Waals surface area contributed by atoms with Crippen LogP contribution in [0.3, 0.4) is 0 Å². The lowest BCUT2D eigenvalue weighted by molar-refractivity contribution is -0.142. The van der Waals surface area contributed by atoms with Gasteiger partial charge >= 0.3 is 5.97 Å². The molecule has 0 aromatic carbocycles. The normalized spacial score (nSPS) is 29.8. The first-order chi connectivity index (χ1) is 7.69. The van der Waals surface area contributed by atoms with Crippen LogP contribution in [0.25, 0.3) is 0 Å². The van der Waals surface area contributed by atoms with Gasteiger partial charge in [-0.1, -0.05) is 19.1 Å². The van der Waals surface area contributed by atoms with Gasteiger partial charge in [-0.3, -0.25) is 4.79 Å². The van der Waals surface area contributed by atoms with E-state index in [0.717, 1.165) is 25.7 Å². The number of rotatable bonds is 5. The Balaban J connectivity index is 2.48. The smallest absolute Gasteiger partial charge is 0.305 e. The van der Waals surface area contributed by atoms with E-state index in [1.54, 1.807) is 0 Å². The molecular weight excluding hydrogens is 204 g/mol. The fourth-order valence-corrected chi connectivity index (χ4v) is 2.45. The zero-order valence-corrected chi connectivity index (χ0v) is 10.2. The third-order valence-corrected chi connectivity index (χ3v) is 3.40. The Morgan fingerprint density at radius 3 is 2.81 bits per heavy atom. The van der Waals surface area contributed by atoms with Gasteiger partial charge < -0.3 is 9.84 Å². The van der Waals surface area contributed by atoms with Gasteiger partial charge in [0.15, 0.2) is 0 Å². The minimum Gasteiger partial charge on any atom is -0.469 e. The summed E-state index contributed by atoms with van der Waals surface area (Å²) in [5.41, 5.74) is 0. The van der Waals surface area contributed by atoms with Crippen LogP contribution in [0, 0.1) is 11.8 Å². The van der Waals surface area contributed by atoms with E-state index in [2.05, 4.69) is 23.8 Å². The first-order valence-electron chi connectivity index (χ1n) is 6.08. The molecule has 3 nitrogen and oxygen atoms in total. The molecule has 3 atom stereocenters. The Morgan fingerprint density at radius 2 is 2.19 bits per heavy atom. The number of esters is 1. The number of ether oxygens (including phenoxy) is 1. The quantitative estimate of drug-likeness (QED) is 0.578. The number of carbonyl (C=O) groups excluding carboxylic acids is 1. The van der Waals surface area contributed by atoms with Crippen molar-refractivity contribution < 1.29 is 14.6 Å². The molecule has 0 aliphatic heterocycles. The fraction of sp³-hybridized carbons (Fsp3) is 0.769. The van der Waals surface area contributed by atoms with Crippen molar-refractivity contribution in [3.8, 4) is 0 Å². The highest BCUT2D eigenvalue weighted by atomic mass is 16.5. The lowest BCUT2D eigenvalue weighted by atomic mass is 9.89. The van der Waals surface area contributed by atoms with E-state index in [4.69, 9.17) is 0 Å². The van der Waals surface area contributed by atoms with Gasteiger partial charge in [-0.25, -0.2) is 0 Å². The van der Waals surface area contributed by atoms with Crippen LogP contribution in [0.5, 0.6) is 0 Å². The molecule has 1 aliphatic rings. The minimum absolute atomic E-state index is 0.163. The maximum atomic E-state index is 11.2. The summed E-state index contributed by atoms with van der Waals surface area (Å²) in [6.45, 7) is 2.09. The number of aliphatic hydroxyl groups is 1. The number of methoxy groups -OCH3 is 1. The van der Waals surface area contributed by atoms with Gasteiger partial charge in [0.1, 0.15) is 0 Å². The van der Waals surface area contributed by atoms with E-state index in [9.17, 15) is 9.90 Å². The second kappa shape index (κ2) is 6.69. The second-order valence-corrected chi connectivity index (χ2v) is 4.46. The van der Waals surface area contributed by atoms with Crippen molar-refractivity contribution in [3.63, 3.8) is 0 Å². The van der Waals surface area contributed by atoms with Gasteiger partial charge in [-0.05, 0) is 37.5 Å². The summed E-state index contributed by atoms with van der Waals surface area (Å²) < 4.78 is 4.68. The van der Waals surface area contributed by atoms with E-state index in [-0.39, 0.29) is 23.9 Å². The highest BCUT2D eigenvalue weighted by Crippen LogP contribution is 2.37. The lowest BCUT2D eigenvalue weighted by Gasteiger charge is -2.19. The van der Waals surface area contributed by atoms with Gasteiger partial charge in [0.2, 0.25) is 0 Å². The van der Waals surface area contributed by atoms with Crippen molar-refractivity contribution in [2.75, 3.05) is 7.11 Å². The van der Waals surface area contributed by atoms with Crippen LogP contribution in [0.2, 0.25) is 0 Å². The van der Waals surface area contributed by atoms with E-state index in [1.165, 1.54) is 7.11 Å². The molecule has 0 bridgehead atoms. The number of carbonyl (C=O) groups is 1. The third kappa shape index (κ3) is 3.63. The average Bonchev–Trinajstić information content (AvgIpc) is 2.61. The number of allylic oxidation sites excluding steroid dienone is 2. The average molecular weight is 226 g/mol. The van der Waals surface area contributed by atoms with E-state index < -0.39 is 0 Å². The van der Waals surface area contributed by atoms with Crippen molar-refractivity contribution in [3.05, 3.63) is 12.2 Å². The Kier molecular flexibility index (Phi) is 5.53. The van der Waals surface area contributed by atoms with Crippen LogP contribution >= 0.6 is 0 Å². The zero-order chi connectivity index (χ0) is 12.0. The molecule has 0 aromatic heterocycles. The predicted octanol–water partition coefficient (Wildman–Crippen LogP) is 2.29. The molecule has 0 aromatic rings. The first kappa shape index (κ1) is 13.2. The molecule has 1 aliphatic carbocycles. The molecule has 1 N–H and O–H groups in total. The maximum Gasteiger partial charge on any atom is 0.305 e. The summed E-state index contributed by atoms with van der Waals surface area (Å²) in [6, 6.07) is 0. The molecule has 92 valence electrons. The van der Waals surface area contributed by atoms with Crippen LogP contribution in [-0.2, 0) is 9.53 Å². The lowest BCUT2D eigenvalue weighted by Crippen LogP contribution is -2.21. The van der Waals surface area contributed by atoms with Crippen molar-refractivity contribution in [2.24, 2.45) is 11.8 Å². The summed E-state index contributed by atoms with van der Waals surface area (Å²) in [4.78, 5) is 11.2. The third-order valence-electron chi connectivity index (χ3n) is 3.40. The summed E-state index contributed by atoms with van der Waals surface area (Å²) in [5, 5.41) is 9.86. The highest BCUT2D eigenvalue weighted by molar-refractivity contribution is 5.69. The Morgan fingerprint density at radius 1 is 1.44 bits per heavy atom. The van der Waals surface area contributed by atoms with E-state index in [1.807, 2.05) is 0 Å². The largest absolute Gasteiger partial charge is 0.469 e. The Bertz CT molecular complexity index is 248. The van der Waals surface area contributed by atoms with E-state index in [0.29, 0.717) is 6.42 Å². The first-order valence-corrected chi connectivity index (χ1v) is 6.08. The Labute approximate surface area is 97.5 Å². The maximum absolute atomic E-state index is 11.2. The molecule has 1 fully saturated rings. The fourth-order valence-electron chi connectivity index (χ4n) is 2.45. The van der Waals surface area contributed by atoms with Crippen LogP contribution in [0.15, 0.2) is 12.2 Å². The topological polar surface area (TPSA) is 46.5 Å². The molecule has 16 heavy (non-hydrogen) atoms. The highest BCUT2D eigenvalue weighted by Gasteiger charge is 2.35. The molecule has 0 amide bonds. The van der Waals surface area contributed by atoms with Crippen molar-refractivity contribution in [1.82, 2.24) is 0 Å². The molecule has 0 unspecified atom stereocenters. The van der Waals surface area contributed by atoms with Gasteiger partial charge in [0, 0.05) is 6.42 Å².